The van der Waals surface area contributed by atoms with Crippen molar-refractivity contribution in [3.8, 4) is 0 Å². The maximum absolute atomic E-state index is 13.7. The predicted molar refractivity (Wildman–Crippen MR) is 135 cm³/mol. The lowest BCUT2D eigenvalue weighted by molar-refractivity contribution is -0.133. The molecule has 2 aromatic carbocycles. The molecule has 4 rings (SSSR count). The van der Waals surface area contributed by atoms with E-state index in [1.54, 1.807) is 34.4 Å². The third kappa shape index (κ3) is 5.55. The minimum absolute atomic E-state index is 0.0359. The number of carbonyl (C=O) groups is 1. The van der Waals surface area contributed by atoms with Gasteiger partial charge in [-0.25, -0.2) is 12.8 Å². The van der Waals surface area contributed by atoms with Crippen molar-refractivity contribution in [3.05, 3.63) is 85.8 Å². The third-order valence-corrected chi connectivity index (χ3v) is 9.27. The number of amides is 1. The molecule has 0 saturated heterocycles. The number of thiophene rings is 1. The third-order valence-electron chi connectivity index (χ3n) is 5.85. The van der Waals surface area contributed by atoms with Gasteiger partial charge < -0.3 is 9.64 Å². The summed E-state index contributed by atoms with van der Waals surface area (Å²) in [5, 5.41) is 2.88. The van der Waals surface area contributed by atoms with Crippen molar-refractivity contribution in [1.29, 1.82) is 0 Å². The number of benzene rings is 2. The van der Waals surface area contributed by atoms with Gasteiger partial charge in [-0.1, -0.05) is 29.3 Å². The van der Waals surface area contributed by atoms with Crippen LogP contribution in [0, 0.1) is 5.82 Å². The van der Waals surface area contributed by atoms with Crippen molar-refractivity contribution >= 4 is 50.5 Å². The Bertz CT molecular complexity index is 1320. The van der Waals surface area contributed by atoms with Crippen LogP contribution in [-0.4, -0.2) is 56.9 Å². The Hall–Kier alpha value is -2.01. The van der Waals surface area contributed by atoms with Gasteiger partial charge in [0.15, 0.2) is 0 Å². The van der Waals surface area contributed by atoms with Crippen LogP contribution >= 0.6 is 34.5 Å². The highest BCUT2D eigenvalue weighted by molar-refractivity contribution is 7.89. The molecular formula is C24H23Cl2FN2O4S2. The second-order valence-corrected chi connectivity index (χ2v) is 11.8. The molecule has 0 fully saturated rings. The number of carbonyl (C=O) groups excluding carboxylic acids is 1. The first kappa shape index (κ1) is 26.1. The number of methoxy groups -OCH3 is 1. The van der Waals surface area contributed by atoms with E-state index in [0.717, 1.165) is 26.9 Å². The molecule has 0 radical (unpaired) electrons. The molecular weight excluding hydrogens is 534 g/mol. The smallest absolute Gasteiger partial charge is 0.243 e. The Morgan fingerprint density at radius 1 is 1.17 bits per heavy atom. The SMILES string of the molecule is COCCN(CC(=O)N1CCc2sccc2C1c1ccc(Cl)cc1Cl)S(=O)(=O)c1ccc(F)cc1. The van der Waals surface area contributed by atoms with Crippen LogP contribution in [0.4, 0.5) is 4.39 Å². The highest BCUT2D eigenvalue weighted by atomic mass is 35.5. The fourth-order valence-corrected chi connectivity index (χ4v) is 6.91. The summed E-state index contributed by atoms with van der Waals surface area (Å²) >= 11 is 14.2. The molecule has 0 N–H and O–H groups in total. The number of halogens is 3. The fraction of sp³-hybridized carbons (Fsp3) is 0.292. The Kier molecular flexibility index (Phi) is 8.15. The maximum atomic E-state index is 13.7. The topological polar surface area (TPSA) is 66.9 Å². The molecule has 1 atom stereocenters. The molecule has 186 valence electrons. The van der Waals surface area contributed by atoms with Gasteiger partial charge in [-0.05, 0) is 65.4 Å². The van der Waals surface area contributed by atoms with Crippen LogP contribution in [0.5, 0.6) is 0 Å². The van der Waals surface area contributed by atoms with Crippen LogP contribution in [0.3, 0.4) is 0 Å². The van der Waals surface area contributed by atoms with Crippen LogP contribution in [0.15, 0.2) is 58.8 Å². The Labute approximate surface area is 217 Å². The van der Waals surface area contributed by atoms with Gasteiger partial charge in [0.05, 0.1) is 24.1 Å². The highest BCUT2D eigenvalue weighted by Gasteiger charge is 2.36. The van der Waals surface area contributed by atoms with Crippen LogP contribution in [0.25, 0.3) is 0 Å². The molecule has 1 aliphatic heterocycles. The fourth-order valence-electron chi connectivity index (χ4n) is 4.12. The number of sulfonamides is 1. The summed E-state index contributed by atoms with van der Waals surface area (Å²) in [5.41, 5.74) is 1.68. The lowest BCUT2D eigenvalue weighted by Crippen LogP contribution is -2.47. The molecule has 3 aromatic rings. The van der Waals surface area contributed by atoms with Crippen LogP contribution in [0.2, 0.25) is 10.0 Å². The van der Waals surface area contributed by atoms with Crippen LogP contribution in [-0.2, 0) is 26.0 Å². The van der Waals surface area contributed by atoms with Gasteiger partial charge >= 0.3 is 0 Å². The first-order chi connectivity index (χ1) is 16.7. The lowest BCUT2D eigenvalue weighted by Gasteiger charge is -2.37. The molecule has 1 aromatic heterocycles. The average molecular weight is 557 g/mol. The standard InChI is InChI=1S/C24H23Cl2FN2O4S2/c1-33-12-11-28(35(31,32)18-5-3-17(27)4-6-18)15-23(30)29-10-8-22-20(9-13-34-22)24(29)19-7-2-16(25)14-21(19)26/h2-7,9,13-14,24H,8,10-12,15H2,1H3. The molecule has 0 spiro atoms. The minimum atomic E-state index is -4.07. The van der Waals surface area contributed by atoms with Gasteiger partial charge in [0.2, 0.25) is 15.9 Å². The zero-order chi connectivity index (χ0) is 25.2. The zero-order valence-electron chi connectivity index (χ0n) is 18.8. The van der Waals surface area contributed by atoms with Crippen molar-refractivity contribution in [2.24, 2.45) is 0 Å². The lowest BCUT2D eigenvalue weighted by atomic mass is 9.93. The van der Waals surface area contributed by atoms with E-state index in [-0.39, 0.29) is 24.0 Å². The largest absolute Gasteiger partial charge is 0.383 e. The van der Waals surface area contributed by atoms with Crippen molar-refractivity contribution in [3.63, 3.8) is 0 Å². The van der Waals surface area contributed by atoms with Gasteiger partial charge in [0.1, 0.15) is 5.82 Å². The molecule has 6 nitrogen and oxygen atoms in total. The Morgan fingerprint density at radius 3 is 2.60 bits per heavy atom. The number of rotatable bonds is 8. The number of fused-ring (bicyclic) bond motifs is 1. The molecule has 35 heavy (non-hydrogen) atoms. The average Bonchev–Trinajstić information content (AvgIpc) is 3.30. The monoisotopic (exact) mass is 556 g/mol. The molecule has 1 unspecified atom stereocenters. The van der Waals surface area contributed by atoms with E-state index in [4.69, 9.17) is 27.9 Å². The van der Waals surface area contributed by atoms with Gasteiger partial charge in [0, 0.05) is 35.1 Å². The van der Waals surface area contributed by atoms with E-state index in [1.165, 1.54) is 19.2 Å². The summed E-state index contributed by atoms with van der Waals surface area (Å²) in [7, 11) is -2.62. The highest BCUT2D eigenvalue weighted by Crippen LogP contribution is 2.41. The summed E-state index contributed by atoms with van der Waals surface area (Å²) in [6.45, 7) is 0.0651. The molecule has 1 amide bonds. The van der Waals surface area contributed by atoms with Crippen molar-refractivity contribution in [2.45, 2.75) is 17.4 Å². The van der Waals surface area contributed by atoms with Crippen molar-refractivity contribution < 1.29 is 22.3 Å². The van der Waals surface area contributed by atoms with Gasteiger partial charge in [-0.15, -0.1) is 11.3 Å². The summed E-state index contributed by atoms with van der Waals surface area (Å²) in [4.78, 5) is 16.4. The molecule has 2 heterocycles. The molecule has 0 aliphatic carbocycles. The predicted octanol–water partition coefficient (Wildman–Crippen LogP) is 5.01. The summed E-state index contributed by atoms with van der Waals surface area (Å²) in [6.07, 6.45) is 0.656. The van der Waals surface area contributed by atoms with E-state index < -0.39 is 28.4 Å². The number of nitrogens with zero attached hydrogens (tertiary/aromatic N) is 2. The van der Waals surface area contributed by atoms with Gasteiger partial charge in [-0.2, -0.15) is 4.31 Å². The van der Waals surface area contributed by atoms with Crippen LogP contribution in [0.1, 0.15) is 22.0 Å². The van der Waals surface area contributed by atoms with E-state index in [1.807, 2.05) is 11.4 Å². The first-order valence-corrected chi connectivity index (χ1v) is 13.8. The van der Waals surface area contributed by atoms with E-state index in [2.05, 4.69) is 0 Å². The Balaban J connectivity index is 1.67. The molecule has 0 bridgehead atoms. The minimum Gasteiger partial charge on any atom is -0.383 e. The van der Waals surface area contributed by atoms with E-state index in [0.29, 0.717) is 28.6 Å². The quantitative estimate of drug-likeness (QED) is 0.391. The second kappa shape index (κ2) is 10.9. The number of hydrogen-bond donors (Lipinski definition) is 0. The summed E-state index contributed by atoms with van der Waals surface area (Å²) in [5.74, 6) is -0.925. The summed E-state index contributed by atoms with van der Waals surface area (Å²) < 4.78 is 46.2. The van der Waals surface area contributed by atoms with E-state index >= 15 is 0 Å². The molecule has 11 heteroatoms. The van der Waals surface area contributed by atoms with Gasteiger partial charge in [0.25, 0.3) is 0 Å². The first-order valence-electron chi connectivity index (χ1n) is 10.8. The maximum Gasteiger partial charge on any atom is 0.243 e. The van der Waals surface area contributed by atoms with Crippen molar-refractivity contribution in [2.75, 3.05) is 33.4 Å². The van der Waals surface area contributed by atoms with Crippen LogP contribution < -0.4 is 0 Å². The second-order valence-electron chi connectivity index (χ2n) is 7.99. The number of hydrogen-bond acceptors (Lipinski definition) is 5. The number of ether oxygens (including phenoxy) is 1. The van der Waals surface area contributed by atoms with Gasteiger partial charge in [-0.3, -0.25) is 4.79 Å². The Morgan fingerprint density at radius 2 is 1.91 bits per heavy atom. The van der Waals surface area contributed by atoms with E-state index in [9.17, 15) is 17.6 Å². The molecule has 1 aliphatic rings. The zero-order valence-corrected chi connectivity index (χ0v) is 21.9. The molecule has 0 saturated carbocycles. The normalized spacial score (nSPS) is 15.9. The summed E-state index contributed by atoms with van der Waals surface area (Å²) in [6, 6.07) is 11.2. The van der Waals surface area contributed by atoms with Crippen molar-refractivity contribution in [1.82, 2.24) is 9.21 Å².